The summed E-state index contributed by atoms with van der Waals surface area (Å²) in [7, 11) is 0. The van der Waals surface area contributed by atoms with Crippen LogP contribution in [0, 0.1) is 11.6 Å². The molecule has 3 N–H and O–H groups in total. The van der Waals surface area contributed by atoms with Gasteiger partial charge in [-0.05, 0) is 25.0 Å². The van der Waals surface area contributed by atoms with Gasteiger partial charge in [-0.1, -0.05) is 36.4 Å². The van der Waals surface area contributed by atoms with Crippen molar-refractivity contribution in [2.45, 2.75) is 38.5 Å². The van der Waals surface area contributed by atoms with E-state index in [0.29, 0.717) is 37.8 Å². The van der Waals surface area contributed by atoms with Gasteiger partial charge < -0.3 is 25.2 Å². The third kappa shape index (κ3) is 4.37. The zero-order chi connectivity index (χ0) is 26.3. The number of pyridine rings is 1. The Kier molecular flexibility index (Phi) is 6.51. The van der Waals surface area contributed by atoms with Crippen LogP contribution in [0.25, 0.3) is 0 Å². The van der Waals surface area contributed by atoms with E-state index in [-0.39, 0.29) is 29.4 Å². The highest BCUT2D eigenvalue weighted by molar-refractivity contribution is 6.00. The third-order valence-electron chi connectivity index (χ3n) is 7.01. The van der Waals surface area contributed by atoms with E-state index in [1.165, 1.54) is 6.07 Å². The summed E-state index contributed by atoms with van der Waals surface area (Å²) in [4.78, 5) is 41.3. The van der Waals surface area contributed by atoms with Crippen molar-refractivity contribution < 1.29 is 23.5 Å². The molecule has 5 rings (SSSR count). The van der Waals surface area contributed by atoms with Crippen LogP contribution in [0.3, 0.4) is 0 Å². The molecule has 0 bridgehead atoms. The number of aromatic nitrogens is 1. The number of nitrogens with zero attached hydrogens (tertiary/aromatic N) is 2. The SMILES string of the molecule is CCN1C[C@H]2C[C@H](NCc3ccccc3)c3c(C(=O)NCc4ccc(F)cc4F)c(=O)c(O)c(n32)C1=O. The molecule has 8 nitrogen and oxygen atoms in total. The zero-order valence-electron chi connectivity index (χ0n) is 20.1. The maximum absolute atomic E-state index is 14.1. The minimum Gasteiger partial charge on any atom is -0.503 e. The van der Waals surface area contributed by atoms with Gasteiger partial charge in [0.05, 0.1) is 17.8 Å². The van der Waals surface area contributed by atoms with Crippen LogP contribution in [0.1, 0.15) is 63.1 Å². The summed E-state index contributed by atoms with van der Waals surface area (Å²) < 4.78 is 29.0. The molecule has 2 atom stereocenters. The molecule has 2 aromatic carbocycles. The number of carbonyl (C=O) groups excluding carboxylic acids is 2. The van der Waals surface area contributed by atoms with E-state index in [2.05, 4.69) is 10.6 Å². The lowest BCUT2D eigenvalue weighted by Gasteiger charge is -2.33. The summed E-state index contributed by atoms with van der Waals surface area (Å²) in [5.41, 5.74) is -0.0221. The Bertz CT molecular complexity index is 1440. The van der Waals surface area contributed by atoms with Crippen molar-refractivity contribution in [3.8, 4) is 5.75 Å². The van der Waals surface area contributed by atoms with Gasteiger partial charge in [-0.25, -0.2) is 8.78 Å². The molecule has 37 heavy (non-hydrogen) atoms. The minimum atomic E-state index is -0.961. The summed E-state index contributed by atoms with van der Waals surface area (Å²) in [6.45, 7) is 2.77. The Morgan fingerprint density at radius 2 is 1.86 bits per heavy atom. The van der Waals surface area contributed by atoms with Crippen LogP contribution >= 0.6 is 0 Å². The zero-order valence-corrected chi connectivity index (χ0v) is 20.1. The first kappa shape index (κ1) is 24.6. The molecule has 3 heterocycles. The maximum Gasteiger partial charge on any atom is 0.274 e. The average Bonchev–Trinajstić information content (AvgIpc) is 3.24. The minimum absolute atomic E-state index is 0.0406. The van der Waals surface area contributed by atoms with Crippen LogP contribution in [-0.2, 0) is 13.1 Å². The second-order valence-electron chi connectivity index (χ2n) is 9.23. The largest absolute Gasteiger partial charge is 0.503 e. The fourth-order valence-corrected chi connectivity index (χ4v) is 5.19. The summed E-state index contributed by atoms with van der Waals surface area (Å²) in [5, 5.41) is 16.7. The second-order valence-corrected chi connectivity index (χ2v) is 9.23. The normalized spacial score (nSPS) is 18.1. The predicted octanol–water partition coefficient (Wildman–Crippen LogP) is 3.01. The van der Waals surface area contributed by atoms with Gasteiger partial charge in [0, 0.05) is 37.8 Å². The van der Waals surface area contributed by atoms with Gasteiger partial charge in [0.25, 0.3) is 11.8 Å². The van der Waals surface area contributed by atoms with E-state index in [1.807, 2.05) is 37.3 Å². The molecule has 0 saturated heterocycles. The van der Waals surface area contributed by atoms with Crippen molar-refractivity contribution in [1.82, 2.24) is 20.1 Å². The third-order valence-corrected chi connectivity index (χ3v) is 7.01. The van der Waals surface area contributed by atoms with Gasteiger partial charge in [-0.3, -0.25) is 14.4 Å². The Labute approximate surface area is 211 Å². The van der Waals surface area contributed by atoms with Crippen molar-refractivity contribution in [1.29, 1.82) is 0 Å². The lowest BCUT2D eigenvalue weighted by molar-refractivity contribution is 0.0675. The number of benzene rings is 2. The molecular weight excluding hydrogens is 482 g/mol. The maximum atomic E-state index is 14.1. The van der Waals surface area contributed by atoms with Crippen LogP contribution in [0.4, 0.5) is 8.78 Å². The first-order valence-electron chi connectivity index (χ1n) is 12.1. The van der Waals surface area contributed by atoms with Gasteiger partial charge in [0.2, 0.25) is 5.43 Å². The number of halogens is 2. The first-order chi connectivity index (χ1) is 17.8. The molecule has 2 aliphatic rings. The highest BCUT2D eigenvalue weighted by Gasteiger charge is 2.44. The van der Waals surface area contributed by atoms with Gasteiger partial charge in [0.15, 0.2) is 11.4 Å². The number of rotatable bonds is 7. The smallest absolute Gasteiger partial charge is 0.274 e. The summed E-state index contributed by atoms with van der Waals surface area (Å²) in [6, 6.07) is 11.9. The van der Waals surface area contributed by atoms with Crippen molar-refractivity contribution >= 4 is 11.8 Å². The summed E-state index contributed by atoms with van der Waals surface area (Å²) in [5.74, 6) is -3.64. The lowest BCUT2D eigenvalue weighted by Crippen LogP contribution is -2.44. The van der Waals surface area contributed by atoms with Crippen LogP contribution in [0.15, 0.2) is 53.3 Å². The van der Waals surface area contributed by atoms with Gasteiger partial charge in [0.1, 0.15) is 17.2 Å². The number of hydrogen-bond acceptors (Lipinski definition) is 5. The standard InChI is InChI=1S/C27H26F2N4O4/c1-2-32-14-18-11-20(30-12-15-6-4-3-5-7-15)22-21(24(34)25(35)23(27(32)37)33(18)22)26(36)31-13-16-8-9-17(28)10-19(16)29/h3-10,18,20,30,35H,2,11-14H2,1H3,(H,31,36)/t18-,20+/m1/s1. The lowest BCUT2D eigenvalue weighted by atomic mass is 10.0. The highest BCUT2D eigenvalue weighted by atomic mass is 19.1. The van der Waals surface area contributed by atoms with Gasteiger partial charge in [-0.15, -0.1) is 0 Å². The number of aromatic hydroxyl groups is 1. The Morgan fingerprint density at radius 3 is 2.57 bits per heavy atom. The van der Waals surface area contributed by atoms with Crippen LogP contribution < -0.4 is 16.1 Å². The highest BCUT2D eigenvalue weighted by Crippen LogP contribution is 2.42. The van der Waals surface area contributed by atoms with Crippen LogP contribution in [-0.4, -0.2) is 39.5 Å². The molecule has 0 radical (unpaired) electrons. The van der Waals surface area contributed by atoms with E-state index >= 15 is 0 Å². The fourth-order valence-electron chi connectivity index (χ4n) is 5.19. The molecule has 10 heteroatoms. The van der Waals surface area contributed by atoms with E-state index < -0.39 is 40.7 Å². The van der Waals surface area contributed by atoms with Crippen LogP contribution in [0.2, 0.25) is 0 Å². The number of carbonyl (C=O) groups is 2. The molecule has 0 saturated carbocycles. The van der Waals surface area contributed by atoms with Crippen molar-refractivity contribution in [2.24, 2.45) is 0 Å². The van der Waals surface area contributed by atoms with E-state index in [4.69, 9.17) is 0 Å². The van der Waals surface area contributed by atoms with E-state index in [9.17, 15) is 28.3 Å². The molecule has 3 aromatic rings. The number of likely N-dealkylation sites (N-methyl/N-ethyl adjacent to an activating group) is 1. The number of nitrogens with one attached hydrogen (secondary N) is 2. The van der Waals surface area contributed by atoms with E-state index in [1.54, 1.807) is 9.47 Å². The Balaban J connectivity index is 1.55. The predicted molar refractivity (Wildman–Crippen MR) is 131 cm³/mol. The Hall–Kier alpha value is -4.05. The van der Waals surface area contributed by atoms with Gasteiger partial charge >= 0.3 is 0 Å². The van der Waals surface area contributed by atoms with Gasteiger partial charge in [-0.2, -0.15) is 0 Å². The monoisotopic (exact) mass is 508 g/mol. The second kappa shape index (κ2) is 9.78. The van der Waals surface area contributed by atoms with Crippen LogP contribution in [0.5, 0.6) is 5.75 Å². The first-order valence-corrected chi connectivity index (χ1v) is 12.1. The average molecular weight is 509 g/mol. The molecule has 0 spiro atoms. The molecule has 0 unspecified atom stereocenters. The topological polar surface area (TPSA) is 104 Å². The van der Waals surface area contributed by atoms with Crippen molar-refractivity contribution in [2.75, 3.05) is 13.1 Å². The molecular formula is C27H26F2N4O4. The molecule has 192 valence electrons. The van der Waals surface area contributed by atoms with E-state index in [0.717, 1.165) is 11.6 Å². The molecule has 2 amide bonds. The van der Waals surface area contributed by atoms with Crippen molar-refractivity contribution in [3.63, 3.8) is 0 Å². The molecule has 2 aliphatic heterocycles. The molecule has 0 fully saturated rings. The van der Waals surface area contributed by atoms with Crippen molar-refractivity contribution in [3.05, 3.63) is 98.5 Å². The summed E-state index contributed by atoms with van der Waals surface area (Å²) >= 11 is 0. The summed E-state index contributed by atoms with van der Waals surface area (Å²) in [6.07, 6.45) is 0.499. The number of amides is 2. The molecule has 1 aromatic heterocycles. The molecule has 0 aliphatic carbocycles. The number of hydrogen-bond donors (Lipinski definition) is 3. The quantitative estimate of drug-likeness (QED) is 0.455. The fraction of sp³-hybridized carbons (Fsp3) is 0.296. The Morgan fingerprint density at radius 1 is 1.11 bits per heavy atom.